The van der Waals surface area contributed by atoms with Crippen LogP contribution < -0.4 is 5.32 Å². The first-order valence-corrected chi connectivity index (χ1v) is 36.9. The lowest BCUT2D eigenvalue weighted by molar-refractivity contribution is -0.143. The van der Waals surface area contributed by atoms with E-state index in [1.807, 2.05) is 0 Å². The second-order valence-electron chi connectivity index (χ2n) is 25.6. The number of esters is 1. The van der Waals surface area contributed by atoms with Crippen molar-refractivity contribution in [2.75, 3.05) is 13.2 Å². The van der Waals surface area contributed by atoms with Gasteiger partial charge in [-0.05, 0) is 51.4 Å². The van der Waals surface area contributed by atoms with Crippen molar-refractivity contribution in [3.8, 4) is 0 Å². The van der Waals surface area contributed by atoms with Gasteiger partial charge >= 0.3 is 5.97 Å². The quantitative estimate of drug-likeness (QED) is 0.0320. The van der Waals surface area contributed by atoms with Crippen molar-refractivity contribution in [2.24, 2.45) is 0 Å². The number of allylic oxidation sites excluding steroid dienone is 2. The van der Waals surface area contributed by atoms with Crippen molar-refractivity contribution in [3.05, 3.63) is 12.2 Å². The number of ether oxygens (including phenoxy) is 1. The molecule has 3 N–H and O–H groups in total. The molecular formula is C74H145NO5. The molecule has 6 nitrogen and oxygen atoms in total. The van der Waals surface area contributed by atoms with Crippen LogP contribution in [0.5, 0.6) is 0 Å². The lowest BCUT2D eigenvalue weighted by Crippen LogP contribution is -2.45. The summed E-state index contributed by atoms with van der Waals surface area (Å²) in [4.78, 5) is 24.6. The van der Waals surface area contributed by atoms with Gasteiger partial charge in [0.05, 0.1) is 25.4 Å². The van der Waals surface area contributed by atoms with Crippen LogP contribution in [-0.2, 0) is 14.3 Å². The van der Waals surface area contributed by atoms with Crippen molar-refractivity contribution in [3.63, 3.8) is 0 Å². The summed E-state index contributed by atoms with van der Waals surface area (Å²) in [5, 5.41) is 23.3. The third kappa shape index (κ3) is 65.7. The highest BCUT2D eigenvalue weighted by molar-refractivity contribution is 5.76. The molecule has 0 heterocycles. The molecule has 1 amide bonds. The normalized spacial score (nSPS) is 12.5. The van der Waals surface area contributed by atoms with Crippen LogP contribution in [0.2, 0.25) is 0 Å². The lowest BCUT2D eigenvalue weighted by Gasteiger charge is -2.22. The molecule has 2 atom stereocenters. The van der Waals surface area contributed by atoms with Crippen LogP contribution in [0, 0.1) is 0 Å². The second-order valence-corrected chi connectivity index (χ2v) is 25.6. The highest BCUT2D eigenvalue weighted by atomic mass is 16.5. The Hall–Kier alpha value is -1.40. The Morgan fingerprint density at radius 3 is 0.887 bits per heavy atom. The van der Waals surface area contributed by atoms with Crippen LogP contribution in [-0.4, -0.2) is 47.4 Å². The maximum absolute atomic E-state index is 12.5. The Labute approximate surface area is 501 Å². The van der Waals surface area contributed by atoms with Crippen LogP contribution in [0.25, 0.3) is 0 Å². The fourth-order valence-corrected chi connectivity index (χ4v) is 11.9. The van der Waals surface area contributed by atoms with Crippen LogP contribution in [0.3, 0.4) is 0 Å². The third-order valence-corrected chi connectivity index (χ3v) is 17.6. The van der Waals surface area contributed by atoms with E-state index in [1.165, 1.54) is 353 Å². The highest BCUT2D eigenvalue weighted by Crippen LogP contribution is 2.19. The summed E-state index contributed by atoms with van der Waals surface area (Å²) in [5.41, 5.74) is 0. The molecule has 0 aliphatic carbocycles. The summed E-state index contributed by atoms with van der Waals surface area (Å²) < 4.78 is 5.51. The lowest BCUT2D eigenvalue weighted by atomic mass is 10.0. The average molecular weight is 1130 g/mol. The van der Waals surface area contributed by atoms with Crippen molar-refractivity contribution in [2.45, 2.75) is 437 Å². The van der Waals surface area contributed by atoms with E-state index >= 15 is 0 Å². The molecule has 0 radical (unpaired) electrons. The number of hydrogen-bond donors (Lipinski definition) is 3. The van der Waals surface area contributed by atoms with Gasteiger partial charge in [0.1, 0.15) is 0 Å². The molecule has 0 fully saturated rings. The maximum atomic E-state index is 12.5. The molecule has 0 aromatic carbocycles. The number of carbonyl (C=O) groups is 2. The Bertz CT molecular complexity index is 1210. The number of nitrogens with one attached hydrogen (secondary N) is 1. The predicted octanol–water partition coefficient (Wildman–Crippen LogP) is 23.9. The minimum Gasteiger partial charge on any atom is -0.466 e. The highest BCUT2D eigenvalue weighted by Gasteiger charge is 2.20. The summed E-state index contributed by atoms with van der Waals surface area (Å²) in [5.74, 6) is -0.00571. The van der Waals surface area contributed by atoms with E-state index in [2.05, 4.69) is 31.3 Å². The molecule has 0 aliphatic rings. The molecule has 476 valence electrons. The average Bonchev–Trinajstić information content (AvgIpc) is 3.46. The zero-order chi connectivity index (χ0) is 57.8. The molecular weight excluding hydrogens is 983 g/mol. The first kappa shape index (κ1) is 78.6. The number of hydrogen-bond acceptors (Lipinski definition) is 5. The smallest absolute Gasteiger partial charge is 0.305 e. The zero-order valence-corrected chi connectivity index (χ0v) is 54.6. The largest absolute Gasteiger partial charge is 0.466 e. The summed E-state index contributed by atoms with van der Waals surface area (Å²) in [6.45, 7) is 4.99. The molecule has 0 aliphatic heterocycles. The van der Waals surface area contributed by atoms with Crippen molar-refractivity contribution >= 4 is 11.9 Å². The molecule has 0 aromatic rings. The van der Waals surface area contributed by atoms with Gasteiger partial charge < -0.3 is 20.3 Å². The van der Waals surface area contributed by atoms with E-state index in [-0.39, 0.29) is 18.5 Å². The predicted molar refractivity (Wildman–Crippen MR) is 352 cm³/mol. The fraction of sp³-hybridized carbons (Fsp3) is 0.946. The summed E-state index contributed by atoms with van der Waals surface area (Å²) in [7, 11) is 0. The van der Waals surface area contributed by atoms with Gasteiger partial charge in [-0.15, -0.1) is 0 Å². The van der Waals surface area contributed by atoms with E-state index in [4.69, 9.17) is 4.74 Å². The maximum Gasteiger partial charge on any atom is 0.305 e. The minimum atomic E-state index is -0.660. The standard InChI is InChI=1S/C74H145NO5/c1-3-5-7-9-11-13-15-17-18-19-38-41-44-48-52-56-60-64-68-74(79)80-69-65-61-57-53-49-45-42-39-36-34-32-30-28-26-24-22-20-21-23-25-27-29-31-33-35-37-40-43-47-51-55-59-63-67-73(78)75-71(70-76)72(77)66-62-58-54-50-46-16-14-12-10-8-6-4-2/h24,26,71-72,76-77H,3-23,25,27-70H2,1-2H3,(H,75,78)/b26-24-. The molecule has 0 aromatic heterocycles. The van der Waals surface area contributed by atoms with E-state index in [0.717, 1.165) is 38.5 Å². The van der Waals surface area contributed by atoms with Crippen LogP contribution >= 0.6 is 0 Å². The van der Waals surface area contributed by atoms with Crippen LogP contribution in [0.4, 0.5) is 0 Å². The van der Waals surface area contributed by atoms with Crippen LogP contribution in [0.15, 0.2) is 12.2 Å². The van der Waals surface area contributed by atoms with Gasteiger partial charge in [-0.25, -0.2) is 0 Å². The van der Waals surface area contributed by atoms with Gasteiger partial charge in [0.15, 0.2) is 0 Å². The van der Waals surface area contributed by atoms with Gasteiger partial charge in [-0.2, -0.15) is 0 Å². The number of unbranched alkanes of at least 4 members (excludes halogenated alkanes) is 57. The van der Waals surface area contributed by atoms with Gasteiger partial charge in [0, 0.05) is 12.8 Å². The summed E-state index contributed by atoms with van der Waals surface area (Å²) >= 11 is 0. The van der Waals surface area contributed by atoms with Gasteiger partial charge in [-0.3, -0.25) is 9.59 Å². The fourth-order valence-electron chi connectivity index (χ4n) is 11.9. The first-order valence-electron chi connectivity index (χ1n) is 36.9. The molecule has 0 spiro atoms. The zero-order valence-electron chi connectivity index (χ0n) is 54.6. The molecule has 80 heavy (non-hydrogen) atoms. The number of amides is 1. The van der Waals surface area contributed by atoms with E-state index in [1.54, 1.807) is 0 Å². The molecule has 0 bridgehead atoms. The van der Waals surface area contributed by atoms with Crippen molar-refractivity contribution < 1.29 is 24.5 Å². The topological polar surface area (TPSA) is 95.9 Å². The van der Waals surface area contributed by atoms with Gasteiger partial charge in [0.25, 0.3) is 0 Å². The molecule has 2 unspecified atom stereocenters. The number of aliphatic hydroxyl groups is 2. The molecule has 6 heteroatoms. The SMILES string of the molecule is CCCCCCCCCCCCCCCCCCCCC(=O)OCCCCCCCCCCCCCC/C=C\CCCCCCCCCCCCCCCCCCCC(=O)NC(CO)C(O)CCCCCCCCCCCCCC. The van der Waals surface area contributed by atoms with E-state index in [9.17, 15) is 19.8 Å². The monoisotopic (exact) mass is 1130 g/mol. The summed E-state index contributed by atoms with van der Waals surface area (Å²) in [6.07, 6.45) is 87.2. The third-order valence-electron chi connectivity index (χ3n) is 17.6. The molecule has 0 saturated carbocycles. The Morgan fingerprint density at radius 2 is 0.588 bits per heavy atom. The number of aliphatic hydroxyl groups excluding tert-OH is 2. The number of rotatable bonds is 70. The van der Waals surface area contributed by atoms with E-state index in [0.29, 0.717) is 25.9 Å². The van der Waals surface area contributed by atoms with Crippen molar-refractivity contribution in [1.82, 2.24) is 5.32 Å². The Morgan fingerprint density at radius 1 is 0.338 bits per heavy atom. The van der Waals surface area contributed by atoms with Crippen molar-refractivity contribution in [1.29, 1.82) is 0 Å². The Kier molecular flexibility index (Phi) is 68.9. The number of carbonyl (C=O) groups excluding carboxylic acids is 2. The summed E-state index contributed by atoms with van der Waals surface area (Å²) in [6, 6.07) is -0.537. The minimum absolute atomic E-state index is 0.0241. The second kappa shape index (κ2) is 70.1. The Balaban J connectivity index is 3.31. The molecule has 0 rings (SSSR count). The van der Waals surface area contributed by atoms with E-state index < -0.39 is 12.1 Å². The first-order chi connectivity index (χ1) is 39.5. The van der Waals surface area contributed by atoms with Gasteiger partial charge in [0.2, 0.25) is 5.91 Å². The van der Waals surface area contributed by atoms with Gasteiger partial charge in [-0.1, -0.05) is 373 Å². The molecule has 0 saturated heterocycles. The van der Waals surface area contributed by atoms with Crippen LogP contribution in [0.1, 0.15) is 425 Å².